The van der Waals surface area contributed by atoms with Crippen molar-refractivity contribution in [3.63, 3.8) is 0 Å². The van der Waals surface area contributed by atoms with E-state index in [-0.39, 0.29) is 23.2 Å². The minimum atomic E-state index is -0.744. The van der Waals surface area contributed by atoms with Gasteiger partial charge in [-0.25, -0.2) is 4.79 Å². The molecule has 1 heterocycles. The summed E-state index contributed by atoms with van der Waals surface area (Å²) in [4.78, 5) is 39.4. The van der Waals surface area contributed by atoms with Crippen molar-refractivity contribution in [2.75, 3.05) is 6.61 Å². The van der Waals surface area contributed by atoms with Crippen LogP contribution in [0.25, 0.3) is 6.08 Å². The van der Waals surface area contributed by atoms with Crippen molar-refractivity contribution in [3.05, 3.63) is 62.1 Å². The monoisotopic (exact) mass is 550 g/mol. The van der Waals surface area contributed by atoms with Gasteiger partial charge >= 0.3 is 6.03 Å². The van der Waals surface area contributed by atoms with Crippen LogP contribution in [0.2, 0.25) is 15.1 Å². The lowest BCUT2D eigenvalue weighted by Crippen LogP contribution is -2.58. The van der Waals surface area contributed by atoms with Crippen LogP contribution in [-0.2, 0) is 16.2 Å². The van der Waals surface area contributed by atoms with Gasteiger partial charge in [-0.15, -0.1) is 0 Å². The molecule has 36 heavy (non-hydrogen) atoms. The van der Waals surface area contributed by atoms with Crippen molar-refractivity contribution in [1.82, 2.24) is 10.2 Å². The van der Waals surface area contributed by atoms with Crippen molar-refractivity contribution in [2.45, 2.75) is 51.7 Å². The molecule has 0 radical (unpaired) electrons. The SMILES string of the molecule is CCOc1cc(C=C2C(=O)NC(=O)N(C3CCCCC3)C2=O)cc(Cl)c1OCc1ccc(Cl)c(Cl)c1. The van der Waals surface area contributed by atoms with E-state index in [0.717, 1.165) is 37.7 Å². The Labute approximate surface area is 224 Å². The third kappa shape index (κ3) is 5.80. The zero-order valence-electron chi connectivity index (χ0n) is 19.6. The third-order valence-electron chi connectivity index (χ3n) is 6.08. The van der Waals surface area contributed by atoms with Gasteiger partial charge in [0.25, 0.3) is 11.8 Å². The van der Waals surface area contributed by atoms with Gasteiger partial charge in [0.2, 0.25) is 0 Å². The van der Waals surface area contributed by atoms with E-state index in [2.05, 4.69) is 5.32 Å². The molecule has 1 aliphatic heterocycles. The van der Waals surface area contributed by atoms with Crippen LogP contribution in [0.4, 0.5) is 4.79 Å². The van der Waals surface area contributed by atoms with Gasteiger partial charge in [0.05, 0.1) is 21.7 Å². The second-order valence-electron chi connectivity index (χ2n) is 8.58. The third-order valence-corrected chi connectivity index (χ3v) is 7.10. The first kappa shape index (κ1) is 26.3. The van der Waals surface area contributed by atoms with E-state index < -0.39 is 17.8 Å². The van der Waals surface area contributed by atoms with Crippen molar-refractivity contribution in [1.29, 1.82) is 0 Å². The first-order valence-corrected chi connectivity index (χ1v) is 12.9. The highest BCUT2D eigenvalue weighted by Crippen LogP contribution is 2.38. The lowest BCUT2D eigenvalue weighted by molar-refractivity contribution is -0.132. The van der Waals surface area contributed by atoms with E-state index >= 15 is 0 Å². The Morgan fingerprint density at radius 2 is 1.72 bits per heavy atom. The number of urea groups is 1. The Morgan fingerprint density at radius 1 is 0.972 bits per heavy atom. The molecule has 4 amide bonds. The lowest BCUT2D eigenvalue weighted by atomic mass is 9.93. The van der Waals surface area contributed by atoms with Gasteiger partial charge in [-0.2, -0.15) is 0 Å². The molecule has 4 rings (SSSR count). The number of barbiturate groups is 1. The molecule has 0 atom stereocenters. The minimum absolute atomic E-state index is 0.136. The summed E-state index contributed by atoms with van der Waals surface area (Å²) in [5.41, 5.74) is 1.11. The van der Waals surface area contributed by atoms with Crippen molar-refractivity contribution >= 4 is 58.7 Å². The molecule has 0 bridgehead atoms. The summed E-state index contributed by atoms with van der Waals surface area (Å²) in [6.45, 7) is 2.31. The van der Waals surface area contributed by atoms with Gasteiger partial charge in [0.1, 0.15) is 12.2 Å². The molecule has 10 heteroatoms. The number of imide groups is 2. The number of carbonyl (C=O) groups excluding carboxylic acids is 3. The fourth-order valence-electron chi connectivity index (χ4n) is 4.37. The Balaban J connectivity index is 1.61. The first-order chi connectivity index (χ1) is 17.3. The smallest absolute Gasteiger partial charge is 0.331 e. The number of benzene rings is 2. The molecular weight excluding hydrogens is 527 g/mol. The van der Waals surface area contributed by atoms with Crippen molar-refractivity contribution in [2.24, 2.45) is 0 Å². The number of nitrogens with zero attached hydrogens (tertiary/aromatic N) is 1. The Bertz CT molecular complexity index is 1220. The second kappa shape index (κ2) is 11.5. The fraction of sp³-hybridized carbons (Fsp3) is 0.346. The highest BCUT2D eigenvalue weighted by atomic mass is 35.5. The molecule has 1 N–H and O–H groups in total. The van der Waals surface area contributed by atoms with Crippen LogP contribution < -0.4 is 14.8 Å². The predicted octanol–water partition coefficient (Wildman–Crippen LogP) is 6.42. The van der Waals surface area contributed by atoms with Gasteiger partial charge in [-0.1, -0.05) is 60.1 Å². The molecule has 0 unspecified atom stereocenters. The van der Waals surface area contributed by atoms with Crippen LogP contribution in [0.15, 0.2) is 35.9 Å². The zero-order valence-corrected chi connectivity index (χ0v) is 21.9. The minimum Gasteiger partial charge on any atom is -0.490 e. The topological polar surface area (TPSA) is 84.9 Å². The molecule has 1 saturated heterocycles. The van der Waals surface area contributed by atoms with E-state index in [9.17, 15) is 14.4 Å². The van der Waals surface area contributed by atoms with Gasteiger partial charge in [-0.3, -0.25) is 19.8 Å². The number of nitrogens with one attached hydrogen (secondary N) is 1. The molecule has 1 aliphatic carbocycles. The molecule has 0 spiro atoms. The quantitative estimate of drug-likeness (QED) is 0.317. The average molecular weight is 552 g/mol. The Morgan fingerprint density at radius 3 is 2.42 bits per heavy atom. The van der Waals surface area contributed by atoms with Crippen LogP contribution >= 0.6 is 34.8 Å². The van der Waals surface area contributed by atoms with Crippen LogP contribution in [-0.4, -0.2) is 35.4 Å². The van der Waals surface area contributed by atoms with E-state index in [0.29, 0.717) is 33.7 Å². The summed E-state index contributed by atoms with van der Waals surface area (Å²) < 4.78 is 11.7. The van der Waals surface area contributed by atoms with Crippen molar-refractivity contribution in [3.8, 4) is 11.5 Å². The van der Waals surface area contributed by atoms with Crippen LogP contribution in [0, 0.1) is 0 Å². The van der Waals surface area contributed by atoms with Crippen molar-refractivity contribution < 1.29 is 23.9 Å². The summed E-state index contributed by atoms with van der Waals surface area (Å²) in [6.07, 6.45) is 5.81. The normalized spacial score (nSPS) is 17.9. The Hall–Kier alpha value is -2.74. The molecule has 2 aromatic rings. The predicted molar refractivity (Wildman–Crippen MR) is 139 cm³/mol. The van der Waals surface area contributed by atoms with Crippen LogP contribution in [0.3, 0.4) is 0 Å². The van der Waals surface area contributed by atoms with Crippen LogP contribution in [0.5, 0.6) is 11.5 Å². The average Bonchev–Trinajstić information content (AvgIpc) is 2.84. The van der Waals surface area contributed by atoms with E-state index in [1.807, 2.05) is 6.92 Å². The second-order valence-corrected chi connectivity index (χ2v) is 9.81. The molecule has 2 aromatic carbocycles. The summed E-state index contributed by atoms with van der Waals surface area (Å²) in [6, 6.07) is 7.47. The molecule has 190 valence electrons. The van der Waals surface area contributed by atoms with E-state index in [4.69, 9.17) is 44.3 Å². The van der Waals surface area contributed by atoms with Gasteiger partial charge < -0.3 is 9.47 Å². The highest BCUT2D eigenvalue weighted by molar-refractivity contribution is 6.42. The number of rotatable bonds is 7. The summed E-state index contributed by atoms with van der Waals surface area (Å²) in [5.74, 6) is -0.693. The van der Waals surface area contributed by atoms with Gasteiger partial charge in [0.15, 0.2) is 11.5 Å². The maximum Gasteiger partial charge on any atom is 0.331 e. The number of hydrogen-bond acceptors (Lipinski definition) is 5. The maximum atomic E-state index is 13.2. The number of hydrogen-bond donors (Lipinski definition) is 1. The lowest BCUT2D eigenvalue weighted by Gasteiger charge is -2.35. The van der Waals surface area contributed by atoms with E-state index in [1.165, 1.54) is 11.0 Å². The number of ether oxygens (including phenoxy) is 2. The van der Waals surface area contributed by atoms with Gasteiger partial charge in [-0.05, 0) is 61.2 Å². The van der Waals surface area contributed by atoms with Gasteiger partial charge in [0, 0.05) is 6.04 Å². The molecule has 1 saturated carbocycles. The summed E-state index contributed by atoms with van der Waals surface area (Å²) in [7, 11) is 0. The summed E-state index contributed by atoms with van der Waals surface area (Å²) in [5, 5.41) is 3.37. The molecule has 2 aliphatic rings. The molecular formula is C26H25Cl3N2O5. The van der Waals surface area contributed by atoms with E-state index in [1.54, 1.807) is 30.3 Å². The number of halogens is 3. The molecule has 7 nitrogen and oxygen atoms in total. The first-order valence-electron chi connectivity index (χ1n) is 11.7. The maximum absolute atomic E-state index is 13.2. The highest BCUT2D eigenvalue weighted by Gasteiger charge is 2.40. The fourth-order valence-corrected chi connectivity index (χ4v) is 4.96. The zero-order chi connectivity index (χ0) is 25.8. The number of carbonyl (C=O) groups is 3. The molecule has 0 aromatic heterocycles. The molecule has 2 fully saturated rings. The summed E-state index contributed by atoms with van der Waals surface area (Å²) >= 11 is 18.6. The standard InChI is InChI=1S/C26H25Cl3N2O5/c1-2-35-22-13-16(12-21(29)23(22)36-14-15-8-9-19(27)20(28)11-15)10-18-24(32)30-26(34)31(25(18)33)17-6-4-3-5-7-17/h8-13,17H,2-7,14H2,1H3,(H,30,32,34). The van der Waals surface area contributed by atoms with Crippen LogP contribution in [0.1, 0.15) is 50.2 Å². The largest absolute Gasteiger partial charge is 0.490 e. The Kier molecular flexibility index (Phi) is 8.44. The number of amides is 4.